The molecule has 0 spiro atoms. The summed E-state index contributed by atoms with van der Waals surface area (Å²) in [7, 11) is -3.57. The number of nitrogens with two attached hydrogens (primary N) is 1. The summed E-state index contributed by atoms with van der Waals surface area (Å²) in [6, 6.07) is 0. The van der Waals surface area contributed by atoms with Gasteiger partial charge in [-0.05, 0) is 12.8 Å². The third-order valence-corrected chi connectivity index (χ3v) is 4.52. The van der Waals surface area contributed by atoms with Crippen LogP contribution in [0.1, 0.15) is 24.8 Å². The molecule has 100 valence electrons. The van der Waals surface area contributed by atoms with Crippen molar-refractivity contribution < 1.29 is 8.42 Å². The SMILES string of the molecule is NC(=S)c1cn[nH]c1NS(=O)(=O)N1CCCCC1. The van der Waals surface area contributed by atoms with E-state index < -0.39 is 10.2 Å². The molecule has 1 aromatic rings. The lowest BCUT2D eigenvalue weighted by atomic mass is 10.2. The molecule has 1 aliphatic heterocycles. The van der Waals surface area contributed by atoms with Crippen LogP contribution in [0, 0.1) is 0 Å². The van der Waals surface area contributed by atoms with Crippen LogP contribution >= 0.6 is 12.2 Å². The van der Waals surface area contributed by atoms with Crippen molar-refractivity contribution in [2.75, 3.05) is 17.8 Å². The molecule has 0 bridgehead atoms. The Balaban J connectivity index is 2.16. The molecule has 0 unspecified atom stereocenters. The van der Waals surface area contributed by atoms with Gasteiger partial charge in [0.2, 0.25) is 0 Å². The zero-order chi connectivity index (χ0) is 13.2. The Morgan fingerprint density at radius 1 is 1.44 bits per heavy atom. The predicted molar refractivity (Wildman–Crippen MR) is 72.4 cm³/mol. The lowest BCUT2D eigenvalue weighted by molar-refractivity contribution is 0.349. The average Bonchev–Trinajstić information content (AvgIpc) is 2.78. The van der Waals surface area contributed by atoms with Crippen LogP contribution in [0.5, 0.6) is 0 Å². The number of hydrogen-bond donors (Lipinski definition) is 3. The third-order valence-electron chi connectivity index (χ3n) is 2.79. The second-order valence-electron chi connectivity index (χ2n) is 4.09. The van der Waals surface area contributed by atoms with E-state index in [2.05, 4.69) is 14.9 Å². The van der Waals surface area contributed by atoms with Crippen molar-refractivity contribution in [2.45, 2.75) is 19.3 Å². The number of nitrogens with one attached hydrogen (secondary N) is 2. The highest BCUT2D eigenvalue weighted by atomic mass is 32.2. The van der Waals surface area contributed by atoms with Gasteiger partial charge in [0.05, 0.1) is 11.8 Å². The van der Waals surface area contributed by atoms with Gasteiger partial charge in [-0.25, -0.2) is 0 Å². The van der Waals surface area contributed by atoms with Crippen LogP contribution in [0.25, 0.3) is 0 Å². The van der Waals surface area contributed by atoms with Crippen molar-refractivity contribution in [1.82, 2.24) is 14.5 Å². The second kappa shape index (κ2) is 5.21. The molecule has 1 fully saturated rings. The fourth-order valence-electron chi connectivity index (χ4n) is 1.85. The molecule has 0 aromatic carbocycles. The van der Waals surface area contributed by atoms with Crippen molar-refractivity contribution in [3.05, 3.63) is 11.8 Å². The number of aromatic nitrogens is 2. The Hall–Kier alpha value is -1.19. The summed E-state index contributed by atoms with van der Waals surface area (Å²) in [5.41, 5.74) is 5.87. The van der Waals surface area contributed by atoms with Crippen molar-refractivity contribution in [2.24, 2.45) is 5.73 Å². The Kier molecular flexibility index (Phi) is 3.83. The van der Waals surface area contributed by atoms with Crippen LogP contribution in [0.4, 0.5) is 5.82 Å². The van der Waals surface area contributed by atoms with E-state index in [1.165, 1.54) is 10.5 Å². The molecule has 0 aliphatic carbocycles. The zero-order valence-electron chi connectivity index (χ0n) is 9.72. The fraction of sp³-hybridized carbons (Fsp3) is 0.556. The molecule has 0 radical (unpaired) electrons. The van der Waals surface area contributed by atoms with Crippen LogP contribution in [0.3, 0.4) is 0 Å². The minimum atomic E-state index is -3.57. The van der Waals surface area contributed by atoms with Crippen LogP contribution < -0.4 is 10.5 Å². The van der Waals surface area contributed by atoms with Crippen molar-refractivity contribution in [3.63, 3.8) is 0 Å². The number of anilines is 1. The van der Waals surface area contributed by atoms with E-state index in [0.717, 1.165) is 19.3 Å². The number of rotatable bonds is 4. The lowest BCUT2D eigenvalue weighted by Crippen LogP contribution is -2.39. The van der Waals surface area contributed by atoms with E-state index in [-0.39, 0.29) is 10.8 Å². The normalized spacial score (nSPS) is 17.6. The van der Waals surface area contributed by atoms with Crippen LogP contribution in [0.2, 0.25) is 0 Å². The first-order valence-electron chi connectivity index (χ1n) is 5.62. The zero-order valence-corrected chi connectivity index (χ0v) is 11.4. The molecule has 7 nitrogen and oxygen atoms in total. The quantitative estimate of drug-likeness (QED) is 0.686. The summed E-state index contributed by atoms with van der Waals surface area (Å²) < 4.78 is 28.1. The lowest BCUT2D eigenvalue weighted by Gasteiger charge is -2.25. The smallest absolute Gasteiger partial charge is 0.302 e. The molecular formula is C9H15N5O2S2. The van der Waals surface area contributed by atoms with Crippen LogP contribution in [0.15, 0.2) is 6.20 Å². The minimum absolute atomic E-state index is 0.0973. The number of H-pyrrole nitrogens is 1. The molecule has 0 amide bonds. The van der Waals surface area contributed by atoms with E-state index >= 15 is 0 Å². The summed E-state index contributed by atoms with van der Waals surface area (Å²) in [5.74, 6) is 0.216. The van der Waals surface area contributed by atoms with E-state index in [9.17, 15) is 8.42 Å². The van der Waals surface area contributed by atoms with E-state index in [0.29, 0.717) is 18.7 Å². The molecule has 4 N–H and O–H groups in total. The summed E-state index contributed by atoms with van der Waals surface area (Å²) in [4.78, 5) is 0.0973. The standard InChI is InChI=1S/C9H15N5O2S2/c10-8(17)7-6-11-12-9(7)13-18(15,16)14-4-2-1-3-5-14/h6H,1-5H2,(H2,10,17)(H2,11,12,13). The number of nitrogens with zero attached hydrogens (tertiary/aromatic N) is 2. The Morgan fingerprint density at radius 2 is 2.11 bits per heavy atom. The number of hydrogen-bond acceptors (Lipinski definition) is 4. The van der Waals surface area contributed by atoms with Gasteiger partial charge in [0.25, 0.3) is 0 Å². The number of piperidine rings is 1. The predicted octanol–water partition coefficient (Wildman–Crippen LogP) is 0.186. The van der Waals surface area contributed by atoms with Gasteiger partial charge in [-0.2, -0.15) is 17.8 Å². The maximum Gasteiger partial charge on any atom is 0.302 e. The summed E-state index contributed by atoms with van der Waals surface area (Å²) in [5, 5.41) is 6.28. The topological polar surface area (TPSA) is 104 Å². The Bertz CT molecular complexity index is 533. The molecule has 1 saturated heterocycles. The van der Waals surface area contributed by atoms with Crippen LogP contribution in [-0.2, 0) is 10.2 Å². The van der Waals surface area contributed by atoms with Gasteiger partial charge >= 0.3 is 10.2 Å². The maximum atomic E-state index is 12.1. The van der Waals surface area contributed by atoms with Crippen molar-refractivity contribution in [1.29, 1.82) is 0 Å². The fourth-order valence-corrected chi connectivity index (χ4v) is 3.29. The van der Waals surface area contributed by atoms with Gasteiger partial charge in [-0.15, -0.1) is 0 Å². The largest absolute Gasteiger partial charge is 0.389 e. The highest BCUT2D eigenvalue weighted by Crippen LogP contribution is 2.17. The third kappa shape index (κ3) is 2.79. The van der Waals surface area contributed by atoms with Gasteiger partial charge in [0.1, 0.15) is 10.8 Å². The molecule has 1 aliphatic rings. The molecule has 1 aromatic heterocycles. The summed E-state index contributed by atoms with van der Waals surface area (Å²) >= 11 is 4.82. The Morgan fingerprint density at radius 3 is 2.72 bits per heavy atom. The number of aromatic amines is 1. The van der Waals surface area contributed by atoms with E-state index in [1.54, 1.807) is 0 Å². The Labute approximate surface area is 111 Å². The van der Waals surface area contributed by atoms with Gasteiger partial charge in [0, 0.05) is 13.1 Å². The van der Waals surface area contributed by atoms with Gasteiger partial charge < -0.3 is 5.73 Å². The molecule has 0 atom stereocenters. The molecule has 2 heterocycles. The highest BCUT2D eigenvalue weighted by molar-refractivity contribution is 7.90. The van der Waals surface area contributed by atoms with Gasteiger partial charge in [-0.1, -0.05) is 18.6 Å². The maximum absolute atomic E-state index is 12.1. The van der Waals surface area contributed by atoms with Gasteiger partial charge in [-0.3, -0.25) is 9.82 Å². The second-order valence-corrected chi connectivity index (χ2v) is 6.20. The van der Waals surface area contributed by atoms with E-state index in [1.807, 2.05) is 0 Å². The average molecular weight is 289 g/mol. The molecule has 2 rings (SSSR count). The van der Waals surface area contributed by atoms with Gasteiger partial charge in [0.15, 0.2) is 0 Å². The first-order chi connectivity index (χ1) is 8.50. The molecule has 0 saturated carbocycles. The number of thiocarbonyl (C=S) groups is 1. The first kappa shape index (κ1) is 13.2. The summed E-state index contributed by atoms with van der Waals surface area (Å²) in [6.07, 6.45) is 4.22. The highest BCUT2D eigenvalue weighted by Gasteiger charge is 2.25. The van der Waals surface area contributed by atoms with E-state index in [4.69, 9.17) is 18.0 Å². The molecule has 9 heteroatoms. The summed E-state index contributed by atoms with van der Waals surface area (Å²) in [6.45, 7) is 1.07. The van der Waals surface area contributed by atoms with Crippen LogP contribution in [-0.4, -0.2) is 41.0 Å². The minimum Gasteiger partial charge on any atom is -0.389 e. The van der Waals surface area contributed by atoms with Crippen molar-refractivity contribution in [3.8, 4) is 0 Å². The monoisotopic (exact) mass is 289 g/mol. The molecule has 18 heavy (non-hydrogen) atoms. The molecular weight excluding hydrogens is 274 g/mol. The van der Waals surface area contributed by atoms with Crippen molar-refractivity contribution >= 4 is 33.2 Å². The first-order valence-corrected chi connectivity index (χ1v) is 7.46.